The predicted molar refractivity (Wildman–Crippen MR) is 84.5 cm³/mol. The summed E-state index contributed by atoms with van der Waals surface area (Å²) >= 11 is 1.73. The highest BCUT2D eigenvalue weighted by Gasteiger charge is 2.00. The first kappa shape index (κ1) is 12.1. The molecular formula is C17H15NS. The third kappa shape index (κ3) is 2.74. The van der Waals surface area contributed by atoms with E-state index in [1.807, 2.05) is 0 Å². The van der Waals surface area contributed by atoms with Crippen LogP contribution in [-0.4, -0.2) is 4.98 Å². The van der Waals surface area contributed by atoms with Gasteiger partial charge in [0.1, 0.15) is 5.01 Å². The van der Waals surface area contributed by atoms with E-state index >= 15 is 0 Å². The number of aromatic nitrogens is 1. The molecule has 1 heterocycles. The summed E-state index contributed by atoms with van der Waals surface area (Å²) in [6.07, 6.45) is 4.21. The number of hydrogen-bond acceptors (Lipinski definition) is 2. The molecule has 94 valence electrons. The summed E-state index contributed by atoms with van der Waals surface area (Å²) in [7, 11) is 0. The molecule has 3 rings (SSSR count). The van der Waals surface area contributed by atoms with Crippen molar-refractivity contribution in [1.29, 1.82) is 0 Å². The Kier molecular flexibility index (Phi) is 3.18. The molecule has 0 spiro atoms. The molecular weight excluding hydrogens is 250 g/mol. The SMILES string of the molecule is Cc1cccc(C=Cc2nc3cc(C)ccc3s2)c1. The molecule has 0 N–H and O–H groups in total. The lowest BCUT2D eigenvalue weighted by molar-refractivity contribution is 1.43. The van der Waals surface area contributed by atoms with E-state index in [2.05, 4.69) is 73.4 Å². The molecule has 0 fully saturated rings. The maximum atomic E-state index is 4.64. The molecule has 0 saturated heterocycles. The van der Waals surface area contributed by atoms with Gasteiger partial charge in [-0.1, -0.05) is 42.0 Å². The first-order chi connectivity index (χ1) is 9.20. The van der Waals surface area contributed by atoms with Crippen molar-refractivity contribution in [3.05, 3.63) is 64.2 Å². The molecule has 1 aromatic heterocycles. The van der Waals surface area contributed by atoms with Crippen LogP contribution >= 0.6 is 11.3 Å². The van der Waals surface area contributed by atoms with Crippen LogP contribution in [0.5, 0.6) is 0 Å². The van der Waals surface area contributed by atoms with Crippen molar-refractivity contribution in [2.45, 2.75) is 13.8 Å². The Bertz CT molecular complexity index is 753. The Morgan fingerprint density at radius 1 is 0.947 bits per heavy atom. The van der Waals surface area contributed by atoms with E-state index in [0.717, 1.165) is 10.5 Å². The Hall–Kier alpha value is -1.93. The lowest BCUT2D eigenvalue weighted by atomic mass is 10.1. The van der Waals surface area contributed by atoms with Crippen molar-refractivity contribution in [3.8, 4) is 0 Å². The molecule has 0 amide bonds. The Labute approximate surface area is 117 Å². The van der Waals surface area contributed by atoms with E-state index in [4.69, 9.17) is 0 Å². The van der Waals surface area contributed by atoms with Gasteiger partial charge in [-0.2, -0.15) is 0 Å². The zero-order valence-corrected chi connectivity index (χ0v) is 11.9. The number of aryl methyl sites for hydroxylation is 2. The second-order valence-electron chi connectivity index (χ2n) is 4.77. The summed E-state index contributed by atoms with van der Waals surface area (Å²) in [4.78, 5) is 4.64. The van der Waals surface area contributed by atoms with Crippen molar-refractivity contribution in [3.63, 3.8) is 0 Å². The zero-order chi connectivity index (χ0) is 13.2. The first-order valence-corrected chi connectivity index (χ1v) is 7.14. The zero-order valence-electron chi connectivity index (χ0n) is 11.1. The van der Waals surface area contributed by atoms with Crippen molar-refractivity contribution >= 4 is 33.7 Å². The van der Waals surface area contributed by atoms with Crippen LogP contribution in [0.2, 0.25) is 0 Å². The second-order valence-corrected chi connectivity index (χ2v) is 5.83. The monoisotopic (exact) mass is 265 g/mol. The van der Waals surface area contributed by atoms with Gasteiger partial charge in [-0.15, -0.1) is 11.3 Å². The number of benzene rings is 2. The molecule has 0 aliphatic rings. The Morgan fingerprint density at radius 3 is 2.63 bits per heavy atom. The van der Waals surface area contributed by atoms with Gasteiger partial charge >= 0.3 is 0 Å². The average Bonchev–Trinajstić information content (AvgIpc) is 2.78. The molecule has 2 aromatic carbocycles. The molecule has 3 aromatic rings. The normalized spacial score (nSPS) is 11.5. The molecule has 0 unspecified atom stereocenters. The third-order valence-electron chi connectivity index (χ3n) is 3.02. The van der Waals surface area contributed by atoms with Crippen LogP contribution in [0.4, 0.5) is 0 Å². The minimum Gasteiger partial charge on any atom is -0.237 e. The van der Waals surface area contributed by atoms with Crippen LogP contribution in [0.3, 0.4) is 0 Å². The number of thiazole rings is 1. The van der Waals surface area contributed by atoms with E-state index in [1.54, 1.807) is 11.3 Å². The summed E-state index contributed by atoms with van der Waals surface area (Å²) in [5, 5.41) is 1.06. The van der Waals surface area contributed by atoms with Gasteiger partial charge in [0, 0.05) is 0 Å². The lowest BCUT2D eigenvalue weighted by Gasteiger charge is -1.94. The van der Waals surface area contributed by atoms with Crippen LogP contribution < -0.4 is 0 Å². The molecule has 1 nitrogen and oxygen atoms in total. The number of rotatable bonds is 2. The fraction of sp³-hybridized carbons (Fsp3) is 0.118. The molecule has 0 radical (unpaired) electrons. The van der Waals surface area contributed by atoms with Crippen LogP contribution in [0.1, 0.15) is 21.7 Å². The van der Waals surface area contributed by atoms with E-state index < -0.39 is 0 Å². The maximum absolute atomic E-state index is 4.64. The van der Waals surface area contributed by atoms with Crippen molar-refractivity contribution < 1.29 is 0 Å². The van der Waals surface area contributed by atoms with Crippen LogP contribution in [0.15, 0.2) is 42.5 Å². The van der Waals surface area contributed by atoms with Crippen molar-refractivity contribution in [1.82, 2.24) is 4.98 Å². The smallest absolute Gasteiger partial charge is 0.117 e. The van der Waals surface area contributed by atoms with Gasteiger partial charge in [0.2, 0.25) is 0 Å². The minimum atomic E-state index is 1.06. The highest BCUT2D eigenvalue weighted by Crippen LogP contribution is 2.24. The van der Waals surface area contributed by atoms with Gasteiger partial charge < -0.3 is 0 Å². The summed E-state index contributed by atoms with van der Waals surface area (Å²) in [6, 6.07) is 14.9. The summed E-state index contributed by atoms with van der Waals surface area (Å²) in [6.45, 7) is 4.21. The molecule has 19 heavy (non-hydrogen) atoms. The predicted octanol–water partition coefficient (Wildman–Crippen LogP) is 5.08. The summed E-state index contributed by atoms with van der Waals surface area (Å²) in [5.41, 5.74) is 4.85. The average molecular weight is 265 g/mol. The van der Waals surface area contributed by atoms with Crippen LogP contribution in [-0.2, 0) is 0 Å². The minimum absolute atomic E-state index is 1.06. The molecule has 0 atom stereocenters. The highest BCUT2D eigenvalue weighted by molar-refractivity contribution is 7.19. The Morgan fingerprint density at radius 2 is 1.79 bits per heavy atom. The van der Waals surface area contributed by atoms with Gasteiger partial charge in [0.15, 0.2) is 0 Å². The fourth-order valence-corrected chi connectivity index (χ4v) is 2.92. The maximum Gasteiger partial charge on any atom is 0.117 e. The fourth-order valence-electron chi connectivity index (χ4n) is 2.07. The standard InChI is InChI=1S/C17H15NS/c1-12-4-3-5-14(10-12)7-9-17-18-15-11-13(2)6-8-16(15)19-17/h3-11H,1-2H3. The number of hydrogen-bond donors (Lipinski definition) is 0. The largest absolute Gasteiger partial charge is 0.237 e. The number of nitrogens with zero attached hydrogens (tertiary/aromatic N) is 1. The summed E-state index contributed by atoms with van der Waals surface area (Å²) < 4.78 is 1.24. The van der Waals surface area contributed by atoms with Gasteiger partial charge in [-0.25, -0.2) is 4.98 Å². The quantitative estimate of drug-likeness (QED) is 0.629. The van der Waals surface area contributed by atoms with Gasteiger partial charge in [0.05, 0.1) is 10.2 Å². The van der Waals surface area contributed by atoms with Crippen LogP contribution in [0, 0.1) is 13.8 Å². The third-order valence-corrected chi connectivity index (χ3v) is 4.02. The van der Waals surface area contributed by atoms with Crippen molar-refractivity contribution in [2.75, 3.05) is 0 Å². The number of fused-ring (bicyclic) bond motifs is 1. The van der Waals surface area contributed by atoms with E-state index in [9.17, 15) is 0 Å². The second kappa shape index (κ2) is 4.98. The lowest BCUT2D eigenvalue weighted by Crippen LogP contribution is -1.75. The first-order valence-electron chi connectivity index (χ1n) is 6.33. The van der Waals surface area contributed by atoms with Gasteiger partial charge in [-0.05, 0) is 43.2 Å². The van der Waals surface area contributed by atoms with E-state index in [1.165, 1.54) is 21.4 Å². The molecule has 0 saturated carbocycles. The molecule has 0 aliphatic heterocycles. The van der Waals surface area contributed by atoms with Gasteiger partial charge in [-0.3, -0.25) is 0 Å². The Balaban J connectivity index is 1.92. The van der Waals surface area contributed by atoms with Crippen LogP contribution in [0.25, 0.3) is 22.4 Å². The van der Waals surface area contributed by atoms with E-state index in [0.29, 0.717) is 0 Å². The molecule has 0 bridgehead atoms. The van der Waals surface area contributed by atoms with Crippen molar-refractivity contribution in [2.24, 2.45) is 0 Å². The topological polar surface area (TPSA) is 12.9 Å². The molecule has 0 aliphatic carbocycles. The highest BCUT2D eigenvalue weighted by atomic mass is 32.1. The van der Waals surface area contributed by atoms with E-state index in [-0.39, 0.29) is 0 Å². The summed E-state index contributed by atoms with van der Waals surface area (Å²) in [5.74, 6) is 0. The van der Waals surface area contributed by atoms with Gasteiger partial charge in [0.25, 0.3) is 0 Å². The molecule has 2 heteroatoms.